The van der Waals surface area contributed by atoms with Crippen molar-refractivity contribution in [1.82, 2.24) is 0 Å². The van der Waals surface area contributed by atoms with Crippen LogP contribution in [-0.2, 0) is 4.74 Å². The van der Waals surface area contributed by atoms with Crippen LogP contribution in [0.25, 0.3) is 0 Å². The maximum atomic E-state index is 11.9. The first-order valence-corrected chi connectivity index (χ1v) is 7.43. The molecule has 0 saturated heterocycles. The maximum Gasteiger partial charge on any atom is 0.515 e. The number of para-hydroxylation sites is 1. The van der Waals surface area contributed by atoms with Crippen molar-refractivity contribution in [2.24, 2.45) is 0 Å². The Balaban J connectivity index is 1.96. The number of carbonyl (C=O) groups excluding carboxylic acids is 1. The second-order valence-corrected chi connectivity index (χ2v) is 5.08. The average molecular weight is 320 g/mol. The monoisotopic (exact) mass is 319 g/mol. The average Bonchev–Trinajstić information content (AvgIpc) is 2.51. The van der Waals surface area contributed by atoms with Crippen LogP contribution in [0.2, 0.25) is 5.02 Å². The summed E-state index contributed by atoms with van der Waals surface area (Å²) in [5.41, 5.74) is 0.983. The SMILES string of the molecule is CCN(c1ccccc1)C(C)OC(=O)Oc1ccc(Cl)cc1. The van der Waals surface area contributed by atoms with Crippen molar-refractivity contribution in [3.63, 3.8) is 0 Å². The number of nitrogens with zero attached hydrogens (tertiary/aromatic N) is 1. The van der Waals surface area contributed by atoms with Crippen molar-refractivity contribution >= 4 is 23.4 Å². The summed E-state index contributed by atoms with van der Waals surface area (Å²) < 4.78 is 10.4. The molecule has 22 heavy (non-hydrogen) atoms. The van der Waals surface area contributed by atoms with Crippen LogP contribution < -0.4 is 9.64 Å². The molecule has 0 spiro atoms. The number of benzene rings is 2. The summed E-state index contributed by atoms with van der Waals surface area (Å²) in [6.45, 7) is 4.51. The predicted molar refractivity (Wildman–Crippen MR) is 87.5 cm³/mol. The molecule has 0 amide bonds. The second-order valence-electron chi connectivity index (χ2n) is 4.64. The van der Waals surface area contributed by atoms with E-state index >= 15 is 0 Å². The first kappa shape index (κ1) is 16.2. The summed E-state index contributed by atoms with van der Waals surface area (Å²) in [6.07, 6.45) is -1.18. The highest BCUT2D eigenvalue weighted by Gasteiger charge is 2.18. The highest BCUT2D eigenvalue weighted by Crippen LogP contribution is 2.19. The molecule has 2 aromatic carbocycles. The molecule has 116 valence electrons. The molecule has 0 fully saturated rings. The van der Waals surface area contributed by atoms with Gasteiger partial charge in [0.1, 0.15) is 5.75 Å². The van der Waals surface area contributed by atoms with Gasteiger partial charge in [-0.15, -0.1) is 0 Å². The van der Waals surface area contributed by atoms with Gasteiger partial charge in [0.05, 0.1) is 0 Å². The quantitative estimate of drug-likeness (QED) is 0.454. The van der Waals surface area contributed by atoms with Crippen molar-refractivity contribution in [2.45, 2.75) is 20.1 Å². The third-order valence-corrected chi connectivity index (χ3v) is 3.40. The van der Waals surface area contributed by atoms with Gasteiger partial charge in [0.15, 0.2) is 6.23 Å². The minimum atomic E-state index is -0.746. The molecular weight excluding hydrogens is 302 g/mol. The van der Waals surface area contributed by atoms with Crippen molar-refractivity contribution in [2.75, 3.05) is 11.4 Å². The molecule has 1 unspecified atom stereocenters. The van der Waals surface area contributed by atoms with Crippen LogP contribution >= 0.6 is 11.6 Å². The molecule has 0 aromatic heterocycles. The normalized spacial score (nSPS) is 11.6. The molecule has 0 aliphatic carbocycles. The third-order valence-electron chi connectivity index (χ3n) is 3.15. The fourth-order valence-electron chi connectivity index (χ4n) is 2.09. The van der Waals surface area contributed by atoms with Crippen LogP contribution in [0.4, 0.5) is 10.5 Å². The van der Waals surface area contributed by atoms with Crippen LogP contribution in [0.15, 0.2) is 54.6 Å². The van der Waals surface area contributed by atoms with E-state index in [1.165, 1.54) is 0 Å². The van der Waals surface area contributed by atoms with Gasteiger partial charge < -0.3 is 14.4 Å². The van der Waals surface area contributed by atoms with Crippen molar-refractivity contribution in [3.8, 4) is 5.75 Å². The summed E-state index contributed by atoms with van der Waals surface area (Å²) in [4.78, 5) is 13.8. The fraction of sp³-hybridized carbons (Fsp3) is 0.235. The van der Waals surface area contributed by atoms with Gasteiger partial charge in [0, 0.05) is 17.3 Å². The first-order valence-electron chi connectivity index (χ1n) is 7.06. The Kier molecular flexibility index (Phi) is 5.67. The van der Waals surface area contributed by atoms with Crippen LogP contribution in [0.1, 0.15) is 13.8 Å². The van der Waals surface area contributed by atoms with Crippen LogP contribution in [-0.4, -0.2) is 18.9 Å². The summed E-state index contributed by atoms with van der Waals surface area (Å²) in [6, 6.07) is 16.3. The third kappa shape index (κ3) is 4.40. The molecule has 5 heteroatoms. The van der Waals surface area contributed by atoms with Crippen molar-refractivity contribution in [3.05, 3.63) is 59.6 Å². The molecule has 0 aliphatic heterocycles. The van der Waals surface area contributed by atoms with Crippen molar-refractivity contribution < 1.29 is 14.3 Å². The van der Waals surface area contributed by atoms with E-state index in [0.717, 1.165) is 5.69 Å². The minimum Gasteiger partial charge on any atom is -0.410 e. The molecule has 0 saturated carbocycles. The van der Waals surface area contributed by atoms with Crippen LogP contribution in [0, 0.1) is 0 Å². The largest absolute Gasteiger partial charge is 0.515 e. The van der Waals surface area contributed by atoms with Gasteiger partial charge in [-0.1, -0.05) is 29.8 Å². The number of rotatable bonds is 5. The first-order chi connectivity index (χ1) is 10.6. The lowest BCUT2D eigenvalue weighted by molar-refractivity contribution is 0.0645. The summed E-state index contributed by atoms with van der Waals surface area (Å²) in [5.74, 6) is 0.393. The molecular formula is C17H18ClNO3. The Hall–Kier alpha value is -2.20. The molecule has 0 heterocycles. The number of anilines is 1. The van der Waals surface area contributed by atoms with E-state index in [0.29, 0.717) is 17.3 Å². The molecule has 2 rings (SSSR count). The van der Waals surface area contributed by atoms with Gasteiger partial charge >= 0.3 is 6.16 Å². The van der Waals surface area contributed by atoms with Gasteiger partial charge in [-0.3, -0.25) is 0 Å². The Morgan fingerprint density at radius 2 is 1.77 bits per heavy atom. The lowest BCUT2D eigenvalue weighted by atomic mass is 10.3. The number of hydrogen-bond acceptors (Lipinski definition) is 4. The zero-order valence-electron chi connectivity index (χ0n) is 12.5. The smallest absolute Gasteiger partial charge is 0.410 e. The summed E-state index contributed by atoms with van der Waals surface area (Å²) in [5, 5.41) is 0.579. The molecule has 0 bridgehead atoms. The maximum absolute atomic E-state index is 11.9. The van der Waals surface area contributed by atoms with Crippen LogP contribution in [0.5, 0.6) is 5.75 Å². The summed E-state index contributed by atoms with van der Waals surface area (Å²) in [7, 11) is 0. The Labute approximate surface area is 135 Å². The van der Waals surface area contributed by atoms with Gasteiger partial charge in [-0.05, 0) is 50.2 Å². The Morgan fingerprint density at radius 1 is 1.14 bits per heavy atom. The lowest BCUT2D eigenvalue weighted by Crippen LogP contribution is -2.37. The predicted octanol–water partition coefficient (Wildman–Crippen LogP) is 4.73. The standard InChI is InChI=1S/C17H18ClNO3/c1-3-19(15-7-5-4-6-8-15)13(2)21-17(20)22-16-11-9-14(18)10-12-16/h4-13H,3H2,1-2H3. The molecule has 1 atom stereocenters. The van der Waals surface area contributed by atoms with Crippen LogP contribution in [0.3, 0.4) is 0 Å². The molecule has 2 aromatic rings. The Morgan fingerprint density at radius 3 is 2.36 bits per heavy atom. The van der Waals surface area contributed by atoms with E-state index in [1.54, 1.807) is 31.2 Å². The highest BCUT2D eigenvalue weighted by molar-refractivity contribution is 6.30. The van der Waals surface area contributed by atoms with E-state index < -0.39 is 12.4 Å². The highest BCUT2D eigenvalue weighted by atomic mass is 35.5. The van der Waals surface area contributed by atoms with E-state index in [-0.39, 0.29) is 0 Å². The fourth-order valence-corrected chi connectivity index (χ4v) is 2.22. The van der Waals surface area contributed by atoms with E-state index in [4.69, 9.17) is 21.1 Å². The van der Waals surface area contributed by atoms with Gasteiger partial charge in [-0.25, -0.2) is 4.79 Å². The summed E-state index contributed by atoms with van der Waals surface area (Å²) >= 11 is 5.78. The van der Waals surface area contributed by atoms with Gasteiger partial charge in [0.25, 0.3) is 0 Å². The Bertz CT molecular complexity index is 601. The lowest BCUT2D eigenvalue weighted by Gasteiger charge is -2.29. The van der Waals surface area contributed by atoms with E-state index in [9.17, 15) is 4.79 Å². The molecule has 0 radical (unpaired) electrons. The zero-order chi connectivity index (χ0) is 15.9. The molecule has 0 N–H and O–H groups in total. The van der Waals surface area contributed by atoms with Gasteiger partial charge in [-0.2, -0.15) is 0 Å². The van der Waals surface area contributed by atoms with Crippen molar-refractivity contribution in [1.29, 1.82) is 0 Å². The minimum absolute atomic E-state index is 0.393. The van der Waals surface area contributed by atoms with E-state index in [2.05, 4.69) is 0 Å². The van der Waals surface area contributed by atoms with Gasteiger partial charge in [0.2, 0.25) is 0 Å². The molecule has 0 aliphatic rings. The number of halogens is 1. The second kappa shape index (κ2) is 7.71. The number of carbonyl (C=O) groups is 1. The molecule has 4 nitrogen and oxygen atoms in total. The number of hydrogen-bond donors (Lipinski definition) is 0. The zero-order valence-corrected chi connectivity index (χ0v) is 13.3. The van der Waals surface area contributed by atoms with E-state index in [1.807, 2.05) is 42.2 Å². The number of ether oxygens (including phenoxy) is 2. The topological polar surface area (TPSA) is 38.8 Å².